The molecular formula is C18H18F3N3O2. The van der Waals surface area contributed by atoms with E-state index < -0.39 is 48.7 Å². The molecule has 0 N–H and O–H groups in total. The molecule has 0 saturated carbocycles. The number of hydrogen-bond acceptors (Lipinski definition) is 2. The first-order chi connectivity index (χ1) is 12.2. The molecule has 0 aliphatic carbocycles. The van der Waals surface area contributed by atoms with Gasteiger partial charge in [0.25, 0.3) is 17.7 Å². The van der Waals surface area contributed by atoms with Crippen LogP contribution in [0.5, 0.6) is 0 Å². The van der Waals surface area contributed by atoms with Crippen molar-refractivity contribution in [3.05, 3.63) is 46.6 Å². The smallest absolute Gasteiger partial charge is 0.300 e. The van der Waals surface area contributed by atoms with E-state index in [1.54, 1.807) is 0 Å². The van der Waals surface area contributed by atoms with Gasteiger partial charge in [-0.15, -0.1) is 0 Å². The monoisotopic (exact) mass is 365 g/mol. The van der Waals surface area contributed by atoms with Crippen molar-refractivity contribution in [2.45, 2.75) is 44.3 Å². The Labute approximate surface area is 149 Å². The first-order valence-corrected chi connectivity index (χ1v) is 8.35. The molecule has 8 heteroatoms. The van der Waals surface area contributed by atoms with Crippen LogP contribution in [0.1, 0.15) is 35.2 Å². The van der Waals surface area contributed by atoms with Gasteiger partial charge < -0.3 is 4.90 Å². The summed E-state index contributed by atoms with van der Waals surface area (Å²) in [5, 5.41) is 0. The van der Waals surface area contributed by atoms with Gasteiger partial charge in [0.15, 0.2) is 0 Å². The SMILES string of the molecule is [C-]#[N+][C@@H]1CCCN1C(=O)[C@@H]1CC(F)(F)CN1C(=O)c1ccc(C)c(F)c1. The van der Waals surface area contributed by atoms with Crippen molar-refractivity contribution in [2.24, 2.45) is 0 Å². The summed E-state index contributed by atoms with van der Waals surface area (Å²) in [7, 11) is 0. The lowest BCUT2D eigenvalue weighted by molar-refractivity contribution is -0.135. The highest BCUT2D eigenvalue weighted by Crippen LogP contribution is 2.35. The molecule has 2 fully saturated rings. The molecule has 0 unspecified atom stereocenters. The third-order valence-corrected chi connectivity index (χ3v) is 4.89. The van der Waals surface area contributed by atoms with Crippen LogP contribution in [0.3, 0.4) is 0 Å². The number of carbonyl (C=O) groups excluding carboxylic acids is 2. The largest absolute Gasteiger partial charge is 0.320 e. The van der Waals surface area contributed by atoms with Crippen molar-refractivity contribution >= 4 is 11.8 Å². The lowest BCUT2D eigenvalue weighted by Crippen LogP contribution is -2.48. The van der Waals surface area contributed by atoms with Crippen molar-refractivity contribution in [1.82, 2.24) is 9.80 Å². The van der Waals surface area contributed by atoms with Crippen LogP contribution < -0.4 is 0 Å². The number of aryl methyl sites for hydroxylation is 1. The molecule has 1 aromatic rings. The predicted molar refractivity (Wildman–Crippen MR) is 86.9 cm³/mol. The molecule has 2 saturated heterocycles. The van der Waals surface area contributed by atoms with Gasteiger partial charge in [-0.05, 0) is 31.0 Å². The lowest BCUT2D eigenvalue weighted by atomic mass is 10.1. The third kappa shape index (κ3) is 3.26. The minimum absolute atomic E-state index is 0.0771. The average Bonchev–Trinajstić information content (AvgIpc) is 3.19. The van der Waals surface area contributed by atoms with Crippen molar-refractivity contribution < 1.29 is 22.8 Å². The number of benzene rings is 1. The molecule has 2 amide bonds. The van der Waals surface area contributed by atoms with Gasteiger partial charge in [0.1, 0.15) is 11.9 Å². The fourth-order valence-electron chi connectivity index (χ4n) is 3.47. The zero-order chi connectivity index (χ0) is 19.1. The highest BCUT2D eigenvalue weighted by Gasteiger charge is 2.52. The van der Waals surface area contributed by atoms with E-state index in [2.05, 4.69) is 4.85 Å². The summed E-state index contributed by atoms with van der Waals surface area (Å²) in [6.07, 6.45) is -0.341. The van der Waals surface area contributed by atoms with Crippen LogP contribution >= 0.6 is 0 Å². The number of amides is 2. The summed E-state index contributed by atoms with van der Waals surface area (Å²) in [5.74, 6) is -5.26. The van der Waals surface area contributed by atoms with Crippen LogP contribution in [0.25, 0.3) is 4.85 Å². The predicted octanol–water partition coefficient (Wildman–Crippen LogP) is 2.85. The first kappa shape index (κ1) is 18.2. The van der Waals surface area contributed by atoms with Crippen LogP contribution in [0.15, 0.2) is 18.2 Å². The average molecular weight is 365 g/mol. The minimum atomic E-state index is -3.20. The number of rotatable bonds is 2. The maximum Gasteiger partial charge on any atom is 0.300 e. The van der Waals surface area contributed by atoms with Gasteiger partial charge in [-0.1, -0.05) is 6.07 Å². The Morgan fingerprint density at radius 1 is 1.31 bits per heavy atom. The van der Waals surface area contributed by atoms with Crippen molar-refractivity contribution in [2.75, 3.05) is 13.1 Å². The van der Waals surface area contributed by atoms with Gasteiger partial charge in [0.2, 0.25) is 0 Å². The van der Waals surface area contributed by atoms with Crippen LogP contribution in [-0.4, -0.2) is 52.8 Å². The summed E-state index contributed by atoms with van der Waals surface area (Å²) >= 11 is 0. The van der Waals surface area contributed by atoms with Gasteiger partial charge in [-0.3, -0.25) is 19.3 Å². The molecule has 2 aliphatic heterocycles. The summed E-state index contributed by atoms with van der Waals surface area (Å²) in [6.45, 7) is 8.09. The van der Waals surface area contributed by atoms with E-state index in [1.165, 1.54) is 24.0 Å². The Kier molecular flexibility index (Phi) is 4.65. The van der Waals surface area contributed by atoms with Crippen molar-refractivity contribution in [1.29, 1.82) is 0 Å². The second-order valence-corrected chi connectivity index (χ2v) is 6.76. The molecule has 2 heterocycles. The lowest BCUT2D eigenvalue weighted by Gasteiger charge is -2.27. The summed E-state index contributed by atoms with van der Waals surface area (Å²) in [6, 6.07) is 2.40. The Balaban J connectivity index is 1.88. The van der Waals surface area contributed by atoms with Gasteiger partial charge in [0.05, 0.1) is 6.54 Å². The van der Waals surface area contributed by atoms with Crippen LogP contribution in [0.4, 0.5) is 13.2 Å². The molecule has 5 nitrogen and oxygen atoms in total. The maximum absolute atomic E-state index is 14.0. The Bertz CT molecular complexity index is 790. The first-order valence-electron chi connectivity index (χ1n) is 8.35. The standard InChI is InChI=1S/C18H18F3N3O2/c1-11-5-6-12(8-13(11)19)16(25)24-10-18(20,21)9-14(24)17(26)23-7-3-4-15(23)22-2/h5-6,8,14-15H,3-4,7,9-10H2,1H3/t14-,15-/m0/s1. The minimum Gasteiger partial charge on any atom is -0.320 e. The number of hydrogen-bond donors (Lipinski definition) is 0. The van der Waals surface area contributed by atoms with E-state index in [1.807, 2.05) is 0 Å². The summed E-state index contributed by atoms with van der Waals surface area (Å²) in [5.41, 5.74) is 0.254. The summed E-state index contributed by atoms with van der Waals surface area (Å²) in [4.78, 5) is 30.9. The quantitative estimate of drug-likeness (QED) is 0.757. The fourth-order valence-corrected chi connectivity index (χ4v) is 3.47. The molecule has 2 atom stereocenters. The second-order valence-electron chi connectivity index (χ2n) is 6.76. The van der Waals surface area contributed by atoms with E-state index in [-0.39, 0.29) is 5.56 Å². The molecule has 0 radical (unpaired) electrons. The molecule has 26 heavy (non-hydrogen) atoms. The molecule has 3 rings (SSSR count). The maximum atomic E-state index is 14.0. The van der Waals surface area contributed by atoms with E-state index >= 15 is 0 Å². The number of halogens is 3. The van der Waals surface area contributed by atoms with Crippen LogP contribution in [0.2, 0.25) is 0 Å². The zero-order valence-electron chi connectivity index (χ0n) is 14.2. The van der Waals surface area contributed by atoms with Gasteiger partial charge in [-0.2, -0.15) is 0 Å². The molecule has 0 spiro atoms. The van der Waals surface area contributed by atoms with Crippen LogP contribution in [0, 0.1) is 19.3 Å². The molecule has 2 aliphatic rings. The van der Waals surface area contributed by atoms with Crippen molar-refractivity contribution in [3.8, 4) is 0 Å². The molecular weight excluding hydrogens is 347 g/mol. The molecule has 1 aromatic carbocycles. The number of nitrogens with zero attached hydrogens (tertiary/aromatic N) is 3. The third-order valence-electron chi connectivity index (χ3n) is 4.89. The van der Waals surface area contributed by atoms with Gasteiger partial charge >= 0.3 is 6.17 Å². The number of carbonyl (C=O) groups is 2. The van der Waals surface area contributed by atoms with Crippen LogP contribution in [-0.2, 0) is 4.79 Å². The fraction of sp³-hybridized carbons (Fsp3) is 0.500. The van der Waals surface area contributed by atoms with E-state index in [0.29, 0.717) is 24.9 Å². The van der Waals surface area contributed by atoms with Crippen molar-refractivity contribution in [3.63, 3.8) is 0 Å². The second kappa shape index (κ2) is 6.63. The summed E-state index contributed by atoms with van der Waals surface area (Å²) < 4.78 is 41.7. The normalized spacial score (nSPS) is 24.6. The molecule has 0 bridgehead atoms. The van der Waals surface area contributed by atoms with E-state index in [0.717, 1.165) is 11.0 Å². The number of alkyl halides is 2. The van der Waals surface area contributed by atoms with Gasteiger partial charge in [-0.25, -0.2) is 19.7 Å². The molecule has 0 aromatic heterocycles. The highest BCUT2D eigenvalue weighted by atomic mass is 19.3. The van der Waals surface area contributed by atoms with Gasteiger partial charge in [0, 0.05) is 24.9 Å². The highest BCUT2D eigenvalue weighted by molar-refractivity contribution is 5.98. The Morgan fingerprint density at radius 3 is 2.69 bits per heavy atom. The number of likely N-dealkylation sites (tertiary alicyclic amines) is 2. The topological polar surface area (TPSA) is 45.0 Å². The Hall–Kier alpha value is -2.56. The zero-order valence-corrected chi connectivity index (χ0v) is 14.2. The van der Waals surface area contributed by atoms with E-state index in [9.17, 15) is 22.8 Å². The van der Waals surface area contributed by atoms with E-state index in [4.69, 9.17) is 6.57 Å². The Morgan fingerprint density at radius 2 is 2.04 bits per heavy atom. The molecule has 138 valence electrons.